The number of thioether (sulfide) groups is 2. The van der Waals surface area contributed by atoms with E-state index < -0.39 is 0 Å². The minimum Gasteiger partial charge on any atom is -0.318 e. The van der Waals surface area contributed by atoms with E-state index in [1.165, 1.54) is 16.7 Å². The van der Waals surface area contributed by atoms with E-state index in [-0.39, 0.29) is 16.3 Å². The van der Waals surface area contributed by atoms with E-state index in [1.807, 2.05) is 6.07 Å². The number of amidine groups is 1. The molecule has 0 N–H and O–H groups in total. The van der Waals surface area contributed by atoms with Gasteiger partial charge in [0.2, 0.25) is 5.91 Å². The van der Waals surface area contributed by atoms with Crippen molar-refractivity contribution in [1.82, 2.24) is 0 Å². The molecule has 0 saturated carbocycles. The summed E-state index contributed by atoms with van der Waals surface area (Å²) >= 11 is 2.96. The van der Waals surface area contributed by atoms with Gasteiger partial charge < -0.3 is 9.80 Å². The van der Waals surface area contributed by atoms with E-state index in [4.69, 9.17) is 0 Å². The van der Waals surface area contributed by atoms with Crippen molar-refractivity contribution in [3.63, 3.8) is 0 Å². The van der Waals surface area contributed by atoms with Gasteiger partial charge in [0.1, 0.15) is 0 Å². The molecule has 114 valence electrons. The third kappa shape index (κ3) is 2.32. The molecule has 3 heterocycles. The Labute approximate surface area is 137 Å². The van der Waals surface area contributed by atoms with Crippen LogP contribution in [-0.2, 0) is 9.59 Å². The fourth-order valence-electron chi connectivity index (χ4n) is 3.04. The molecule has 3 aliphatic rings. The van der Waals surface area contributed by atoms with Gasteiger partial charge in [-0.25, -0.2) is 0 Å². The van der Waals surface area contributed by atoms with Gasteiger partial charge in [0.15, 0.2) is 10.3 Å². The topological polar surface area (TPSA) is 53.0 Å². The number of carbonyl (C=O) groups is 2. The van der Waals surface area contributed by atoms with Crippen LogP contribution >= 0.6 is 23.5 Å². The average Bonchev–Trinajstić information content (AvgIpc) is 3.12. The van der Waals surface area contributed by atoms with Gasteiger partial charge in [-0.15, -0.1) is 0 Å². The van der Waals surface area contributed by atoms with Gasteiger partial charge in [-0.3, -0.25) is 14.6 Å². The fourth-order valence-corrected chi connectivity index (χ4v) is 5.03. The first-order valence-electron chi connectivity index (χ1n) is 7.23. The van der Waals surface area contributed by atoms with Gasteiger partial charge in [0.05, 0.1) is 12.2 Å². The molecule has 1 aromatic carbocycles. The van der Waals surface area contributed by atoms with Crippen molar-refractivity contribution < 1.29 is 9.59 Å². The SMILES string of the molecule is CC(=O)SC1CC(=O)N(c2ccc3c(c2)N2CCN=C2S3)C1. The highest BCUT2D eigenvalue weighted by atomic mass is 32.2. The molecule has 0 bridgehead atoms. The molecule has 0 radical (unpaired) electrons. The minimum absolute atomic E-state index is 0.0662. The normalized spacial score (nSPS) is 22.9. The molecule has 1 atom stereocenters. The zero-order chi connectivity index (χ0) is 15.3. The first kappa shape index (κ1) is 14.1. The molecule has 1 amide bonds. The molecule has 5 nitrogen and oxygen atoms in total. The molecule has 4 rings (SSSR count). The number of hydrogen-bond donors (Lipinski definition) is 0. The zero-order valence-corrected chi connectivity index (χ0v) is 13.7. The zero-order valence-electron chi connectivity index (χ0n) is 12.1. The highest BCUT2D eigenvalue weighted by molar-refractivity contribution is 8.15. The first-order valence-corrected chi connectivity index (χ1v) is 8.93. The average molecular weight is 333 g/mol. The smallest absolute Gasteiger partial charge is 0.228 e. The summed E-state index contributed by atoms with van der Waals surface area (Å²) in [6, 6.07) is 6.14. The maximum absolute atomic E-state index is 12.3. The van der Waals surface area contributed by atoms with Crippen molar-refractivity contribution in [1.29, 1.82) is 0 Å². The molecule has 22 heavy (non-hydrogen) atoms. The van der Waals surface area contributed by atoms with Crippen LogP contribution in [0.1, 0.15) is 13.3 Å². The van der Waals surface area contributed by atoms with E-state index in [0.717, 1.165) is 29.6 Å². The summed E-state index contributed by atoms with van der Waals surface area (Å²) in [4.78, 5) is 33.2. The number of amides is 1. The predicted octanol–water partition coefficient (Wildman–Crippen LogP) is 2.35. The number of nitrogens with zero attached hydrogens (tertiary/aromatic N) is 3. The van der Waals surface area contributed by atoms with E-state index in [0.29, 0.717) is 13.0 Å². The number of anilines is 2. The summed E-state index contributed by atoms with van der Waals surface area (Å²) < 4.78 is 0. The van der Waals surface area contributed by atoms with Crippen LogP contribution in [0.3, 0.4) is 0 Å². The molecule has 3 aliphatic heterocycles. The molecule has 0 aromatic heterocycles. The summed E-state index contributed by atoms with van der Waals surface area (Å²) in [5, 5.41) is 1.20. The number of aliphatic imine (C=N–C) groups is 1. The molecule has 0 spiro atoms. The van der Waals surface area contributed by atoms with E-state index >= 15 is 0 Å². The first-order chi connectivity index (χ1) is 10.6. The third-order valence-corrected chi connectivity index (χ3v) is 6.05. The van der Waals surface area contributed by atoms with Crippen LogP contribution in [0, 0.1) is 0 Å². The van der Waals surface area contributed by atoms with Crippen LogP contribution in [0.15, 0.2) is 28.1 Å². The Kier molecular flexibility index (Phi) is 3.41. The Bertz CT molecular complexity index is 704. The van der Waals surface area contributed by atoms with Crippen molar-refractivity contribution >= 4 is 51.1 Å². The summed E-state index contributed by atoms with van der Waals surface area (Å²) in [6.45, 7) is 3.91. The van der Waals surface area contributed by atoms with Crippen molar-refractivity contribution in [3.8, 4) is 0 Å². The van der Waals surface area contributed by atoms with Gasteiger partial charge in [-0.2, -0.15) is 0 Å². The highest BCUT2D eigenvalue weighted by Crippen LogP contribution is 2.44. The number of benzene rings is 1. The summed E-state index contributed by atoms with van der Waals surface area (Å²) in [5.74, 6) is 0.0969. The quantitative estimate of drug-likeness (QED) is 0.831. The van der Waals surface area contributed by atoms with Crippen molar-refractivity contribution in [2.75, 3.05) is 29.4 Å². The van der Waals surface area contributed by atoms with Crippen LogP contribution in [-0.4, -0.2) is 41.1 Å². The Morgan fingerprint density at radius 2 is 2.27 bits per heavy atom. The van der Waals surface area contributed by atoms with Gasteiger partial charge in [-0.05, 0) is 30.0 Å². The van der Waals surface area contributed by atoms with Crippen molar-refractivity contribution in [3.05, 3.63) is 18.2 Å². The maximum atomic E-state index is 12.3. The predicted molar refractivity (Wildman–Crippen MR) is 91.0 cm³/mol. The largest absolute Gasteiger partial charge is 0.318 e. The molecule has 0 aliphatic carbocycles. The van der Waals surface area contributed by atoms with Crippen molar-refractivity contribution in [2.45, 2.75) is 23.5 Å². The van der Waals surface area contributed by atoms with E-state index in [2.05, 4.69) is 22.0 Å². The summed E-state index contributed by atoms with van der Waals surface area (Å²) in [7, 11) is 0. The maximum Gasteiger partial charge on any atom is 0.228 e. The van der Waals surface area contributed by atoms with Crippen LogP contribution < -0.4 is 9.80 Å². The van der Waals surface area contributed by atoms with Gasteiger partial charge in [0, 0.05) is 42.3 Å². The molecule has 1 aromatic rings. The second-order valence-electron chi connectivity index (χ2n) is 5.51. The molecule has 1 fully saturated rings. The molecular formula is C15H15N3O2S2. The number of rotatable bonds is 2. The number of hydrogen-bond acceptors (Lipinski definition) is 6. The van der Waals surface area contributed by atoms with Crippen LogP contribution in [0.2, 0.25) is 0 Å². The lowest BCUT2D eigenvalue weighted by molar-refractivity contribution is -0.117. The number of fused-ring (bicyclic) bond motifs is 3. The monoisotopic (exact) mass is 333 g/mol. The Hall–Kier alpha value is -1.47. The lowest BCUT2D eigenvalue weighted by atomic mass is 10.2. The van der Waals surface area contributed by atoms with Crippen LogP contribution in [0.5, 0.6) is 0 Å². The fraction of sp³-hybridized carbons (Fsp3) is 0.400. The lowest BCUT2D eigenvalue weighted by Gasteiger charge is -2.19. The molecule has 7 heteroatoms. The van der Waals surface area contributed by atoms with Gasteiger partial charge in [-0.1, -0.05) is 11.8 Å². The van der Waals surface area contributed by atoms with E-state index in [1.54, 1.807) is 23.6 Å². The Balaban J connectivity index is 1.59. The minimum atomic E-state index is 0.0662. The Morgan fingerprint density at radius 3 is 3.09 bits per heavy atom. The van der Waals surface area contributed by atoms with E-state index in [9.17, 15) is 9.59 Å². The van der Waals surface area contributed by atoms with Crippen LogP contribution in [0.25, 0.3) is 0 Å². The second kappa shape index (κ2) is 5.31. The van der Waals surface area contributed by atoms with Crippen LogP contribution in [0.4, 0.5) is 11.4 Å². The van der Waals surface area contributed by atoms with Crippen molar-refractivity contribution in [2.24, 2.45) is 4.99 Å². The Morgan fingerprint density at radius 1 is 1.41 bits per heavy atom. The summed E-state index contributed by atoms with van der Waals surface area (Å²) in [5.41, 5.74) is 2.07. The van der Waals surface area contributed by atoms with Gasteiger partial charge >= 0.3 is 0 Å². The molecule has 1 unspecified atom stereocenters. The van der Waals surface area contributed by atoms with Gasteiger partial charge in [0.25, 0.3) is 0 Å². The number of carbonyl (C=O) groups excluding carboxylic acids is 2. The standard InChI is InChI=1S/C15H15N3O2S2/c1-9(19)21-11-7-14(20)18(8-11)10-2-3-13-12(6-10)17-5-4-16-15(17)22-13/h2-3,6,11H,4-5,7-8H2,1H3. The molecule has 1 saturated heterocycles. The summed E-state index contributed by atoms with van der Waals surface area (Å²) in [6.07, 6.45) is 0.437. The highest BCUT2D eigenvalue weighted by Gasteiger charge is 2.34. The second-order valence-corrected chi connectivity index (χ2v) is 8.00. The lowest BCUT2D eigenvalue weighted by Crippen LogP contribution is -2.26. The third-order valence-electron chi connectivity index (χ3n) is 3.97. The molecular weight excluding hydrogens is 318 g/mol.